The number of nitrogens with one attached hydrogen (secondary N) is 1. The fourth-order valence-corrected chi connectivity index (χ4v) is 2.57. The van der Waals surface area contributed by atoms with Crippen LogP contribution in [0.25, 0.3) is 11.3 Å². The number of hydrogen-bond acceptors (Lipinski definition) is 3. The zero-order valence-corrected chi connectivity index (χ0v) is 14.5. The van der Waals surface area contributed by atoms with Gasteiger partial charge < -0.3 is 10.1 Å². The third-order valence-corrected chi connectivity index (χ3v) is 3.92. The molecule has 26 heavy (non-hydrogen) atoms. The molecule has 1 aromatic heterocycles. The van der Waals surface area contributed by atoms with Gasteiger partial charge in [-0.1, -0.05) is 29.8 Å². The van der Waals surface area contributed by atoms with Crippen molar-refractivity contribution in [2.75, 3.05) is 13.2 Å². The number of aromatic nitrogens is 1. The molecule has 0 aliphatic heterocycles. The molecule has 0 unspecified atom stereocenters. The van der Waals surface area contributed by atoms with Crippen LogP contribution in [0.1, 0.15) is 10.4 Å². The minimum absolute atomic E-state index is 0.0910. The van der Waals surface area contributed by atoms with Crippen molar-refractivity contribution >= 4 is 17.5 Å². The fourth-order valence-electron chi connectivity index (χ4n) is 2.33. The molecule has 1 N–H and O–H groups in total. The summed E-state index contributed by atoms with van der Waals surface area (Å²) in [4.78, 5) is 16.4. The summed E-state index contributed by atoms with van der Waals surface area (Å²) in [5.74, 6) is 0.0866. The van der Waals surface area contributed by atoms with E-state index in [4.69, 9.17) is 16.3 Å². The molecule has 132 valence electrons. The number of benzene rings is 2. The average Bonchev–Trinajstić information content (AvgIpc) is 2.66. The van der Waals surface area contributed by atoms with E-state index in [-0.39, 0.29) is 22.4 Å². The first-order chi connectivity index (χ1) is 12.6. The highest BCUT2D eigenvalue weighted by Gasteiger charge is 2.12. The number of para-hydroxylation sites is 1. The van der Waals surface area contributed by atoms with Crippen molar-refractivity contribution in [3.05, 3.63) is 83.3 Å². The third kappa shape index (κ3) is 4.58. The Balaban J connectivity index is 1.58. The van der Waals surface area contributed by atoms with Crippen LogP contribution in [0.5, 0.6) is 5.75 Å². The molecule has 0 saturated heterocycles. The van der Waals surface area contributed by atoms with Crippen LogP contribution in [0.4, 0.5) is 4.39 Å². The van der Waals surface area contributed by atoms with E-state index < -0.39 is 0 Å². The normalized spacial score (nSPS) is 10.4. The fraction of sp³-hybridized carbons (Fsp3) is 0.100. The maximum atomic E-state index is 13.0. The van der Waals surface area contributed by atoms with Gasteiger partial charge in [0.15, 0.2) is 0 Å². The van der Waals surface area contributed by atoms with Crippen LogP contribution in [0, 0.1) is 5.82 Å². The maximum absolute atomic E-state index is 13.0. The van der Waals surface area contributed by atoms with Gasteiger partial charge in [-0.05, 0) is 48.5 Å². The largest absolute Gasteiger partial charge is 0.492 e. The van der Waals surface area contributed by atoms with Gasteiger partial charge in [-0.25, -0.2) is 9.37 Å². The predicted molar refractivity (Wildman–Crippen MR) is 98.9 cm³/mol. The lowest BCUT2D eigenvalue weighted by Crippen LogP contribution is -2.28. The summed E-state index contributed by atoms with van der Waals surface area (Å²) >= 11 is 6.14. The van der Waals surface area contributed by atoms with Gasteiger partial charge in [-0.3, -0.25) is 4.79 Å². The molecule has 3 rings (SSSR count). The number of hydrogen-bond donors (Lipinski definition) is 1. The zero-order valence-electron chi connectivity index (χ0n) is 13.8. The second-order valence-corrected chi connectivity index (χ2v) is 5.82. The predicted octanol–water partition coefficient (Wildman–Crippen LogP) is 4.35. The summed E-state index contributed by atoms with van der Waals surface area (Å²) in [7, 11) is 0. The van der Waals surface area contributed by atoms with Gasteiger partial charge in [0.25, 0.3) is 5.91 Å². The van der Waals surface area contributed by atoms with Crippen LogP contribution < -0.4 is 10.1 Å². The van der Waals surface area contributed by atoms with Crippen LogP contribution in [0.3, 0.4) is 0 Å². The number of amides is 1. The summed E-state index contributed by atoms with van der Waals surface area (Å²) in [6.45, 7) is 0.679. The first-order valence-electron chi connectivity index (χ1n) is 8.02. The Morgan fingerprint density at radius 1 is 1.04 bits per heavy atom. The minimum Gasteiger partial charge on any atom is -0.492 e. The van der Waals surface area contributed by atoms with Crippen molar-refractivity contribution in [1.82, 2.24) is 10.3 Å². The Morgan fingerprint density at radius 2 is 1.77 bits per heavy atom. The standard InChI is InChI=1S/C20H16ClFN2O2/c21-19-17(10-11-18(24-19)14-6-8-15(22)9-7-14)20(25)23-12-13-26-16-4-2-1-3-5-16/h1-11H,12-13H2,(H,23,25). The number of rotatable bonds is 6. The SMILES string of the molecule is O=C(NCCOc1ccccc1)c1ccc(-c2ccc(F)cc2)nc1Cl. The first-order valence-corrected chi connectivity index (χ1v) is 8.40. The van der Waals surface area contributed by atoms with Crippen LogP contribution >= 0.6 is 11.6 Å². The lowest BCUT2D eigenvalue weighted by atomic mass is 10.1. The molecule has 1 heterocycles. The molecule has 3 aromatic rings. The molecular formula is C20H16ClFN2O2. The van der Waals surface area contributed by atoms with Gasteiger partial charge in [0, 0.05) is 5.56 Å². The van der Waals surface area contributed by atoms with E-state index in [1.807, 2.05) is 30.3 Å². The molecule has 0 saturated carbocycles. The van der Waals surface area contributed by atoms with Crippen LogP contribution in [-0.4, -0.2) is 24.0 Å². The smallest absolute Gasteiger partial charge is 0.254 e. The molecule has 0 aliphatic carbocycles. The Labute approximate surface area is 155 Å². The van der Waals surface area contributed by atoms with E-state index in [1.165, 1.54) is 12.1 Å². The first kappa shape index (κ1) is 17.9. The van der Waals surface area contributed by atoms with Gasteiger partial charge in [0.1, 0.15) is 23.3 Å². The highest BCUT2D eigenvalue weighted by Crippen LogP contribution is 2.22. The number of nitrogens with zero attached hydrogens (tertiary/aromatic N) is 1. The van der Waals surface area contributed by atoms with Crippen molar-refractivity contribution in [3.8, 4) is 17.0 Å². The average molecular weight is 371 g/mol. The van der Waals surface area contributed by atoms with E-state index >= 15 is 0 Å². The summed E-state index contributed by atoms with van der Waals surface area (Å²) in [6.07, 6.45) is 0. The quantitative estimate of drug-likeness (QED) is 0.518. The van der Waals surface area contributed by atoms with Gasteiger partial charge in [-0.2, -0.15) is 0 Å². The summed E-state index contributed by atoms with van der Waals surface area (Å²) in [5.41, 5.74) is 1.56. The molecule has 1 amide bonds. The molecule has 0 spiro atoms. The van der Waals surface area contributed by atoms with Crippen LogP contribution in [0.2, 0.25) is 5.15 Å². The van der Waals surface area contributed by atoms with Crippen LogP contribution in [0.15, 0.2) is 66.7 Å². The molecule has 0 aliphatic rings. The van der Waals surface area contributed by atoms with Gasteiger partial charge in [0.2, 0.25) is 0 Å². The lowest BCUT2D eigenvalue weighted by molar-refractivity contribution is 0.0947. The molecule has 6 heteroatoms. The van der Waals surface area contributed by atoms with Crippen LogP contribution in [-0.2, 0) is 0 Å². The monoisotopic (exact) mass is 370 g/mol. The Hall–Kier alpha value is -2.92. The summed E-state index contributed by atoms with van der Waals surface area (Å²) in [6, 6.07) is 18.5. The van der Waals surface area contributed by atoms with Crippen molar-refractivity contribution in [2.24, 2.45) is 0 Å². The number of carbonyl (C=O) groups is 1. The molecule has 2 aromatic carbocycles. The number of pyridine rings is 1. The highest BCUT2D eigenvalue weighted by atomic mass is 35.5. The molecular weight excluding hydrogens is 355 g/mol. The van der Waals surface area contributed by atoms with Crippen molar-refractivity contribution < 1.29 is 13.9 Å². The molecule has 0 bridgehead atoms. The summed E-state index contributed by atoms with van der Waals surface area (Å²) in [5, 5.41) is 2.83. The molecule has 0 atom stereocenters. The van der Waals surface area contributed by atoms with E-state index in [2.05, 4.69) is 10.3 Å². The molecule has 0 radical (unpaired) electrons. The van der Waals surface area contributed by atoms with Crippen molar-refractivity contribution in [3.63, 3.8) is 0 Å². The number of ether oxygens (including phenoxy) is 1. The lowest BCUT2D eigenvalue weighted by Gasteiger charge is -2.09. The molecule has 4 nitrogen and oxygen atoms in total. The zero-order chi connectivity index (χ0) is 18.4. The van der Waals surface area contributed by atoms with Crippen molar-refractivity contribution in [2.45, 2.75) is 0 Å². The Kier molecular flexibility index (Phi) is 5.81. The maximum Gasteiger partial charge on any atom is 0.254 e. The van der Waals surface area contributed by atoms with Gasteiger partial charge >= 0.3 is 0 Å². The minimum atomic E-state index is -0.329. The highest BCUT2D eigenvalue weighted by molar-refractivity contribution is 6.32. The van der Waals surface area contributed by atoms with E-state index in [1.54, 1.807) is 24.3 Å². The second-order valence-electron chi connectivity index (χ2n) is 5.46. The van der Waals surface area contributed by atoms with Gasteiger partial charge in [0.05, 0.1) is 17.8 Å². The van der Waals surface area contributed by atoms with E-state index in [0.717, 1.165) is 11.3 Å². The molecule has 0 fully saturated rings. The third-order valence-electron chi connectivity index (χ3n) is 3.63. The van der Waals surface area contributed by atoms with Gasteiger partial charge in [-0.15, -0.1) is 0 Å². The Bertz CT molecular complexity index is 886. The van der Waals surface area contributed by atoms with Crippen molar-refractivity contribution in [1.29, 1.82) is 0 Å². The number of carbonyl (C=O) groups excluding carboxylic acids is 1. The topological polar surface area (TPSA) is 51.2 Å². The number of halogens is 2. The Morgan fingerprint density at radius 3 is 2.46 bits per heavy atom. The summed E-state index contributed by atoms with van der Waals surface area (Å²) < 4.78 is 18.5. The second kappa shape index (κ2) is 8.45. The van der Waals surface area contributed by atoms with E-state index in [0.29, 0.717) is 18.8 Å². The van der Waals surface area contributed by atoms with E-state index in [9.17, 15) is 9.18 Å².